The van der Waals surface area contributed by atoms with Gasteiger partial charge in [0.15, 0.2) is 5.82 Å². The largest absolute Gasteiger partial charge is 0.175 e. The van der Waals surface area contributed by atoms with Crippen LogP contribution in [0.25, 0.3) is 0 Å². The average Bonchev–Trinajstić information content (AvgIpc) is 1.87. The zero-order valence-corrected chi connectivity index (χ0v) is 4.00. The number of rotatable bonds is 0. The predicted molar refractivity (Wildman–Crippen MR) is 23.3 cm³/mol. The van der Waals surface area contributed by atoms with Crippen molar-refractivity contribution >= 4 is 0 Å². The zero-order valence-electron chi connectivity index (χ0n) is 4.00. The molecule has 0 spiro atoms. The number of tetrazole rings is 1. The number of hydrogen-bond donors (Lipinski definition) is 0. The van der Waals surface area contributed by atoms with Crippen molar-refractivity contribution in [1.82, 2.24) is 20.2 Å². The molecule has 0 amide bonds. The van der Waals surface area contributed by atoms with Gasteiger partial charge in [-0.05, 0) is 5.21 Å². The van der Waals surface area contributed by atoms with Crippen molar-refractivity contribution in [1.29, 1.82) is 0 Å². The summed E-state index contributed by atoms with van der Waals surface area (Å²) in [6, 6.07) is 0. The maximum absolute atomic E-state index is 3.69. The highest BCUT2D eigenvalue weighted by molar-refractivity contribution is 4.78. The van der Waals surface area contributed by atoms with Gasteiger partial charge in [0.05, 0.1) is 7.05 Å². The van der Waals surface area contributed by atoms with Crippen molar-refractivity contribution in [3.63, 3.8) is 0 Å². The Hall–Kier alpha value is -0.930. The van der Waals surface area contributed by atoms with Crippen LogP contribution in [-0.2, 0) is 7.05 Å². The van der Waals surface area contributed by atoms with Crippen LogP contribution in [0.1, 0.15) is 5.82 Å². The molecular formula is C3H5N4. The van der Waals surface area contributed by atoms with E-state index in [2.05, 4.69) is 22.3 Å². The van der Waals surface area contributed by atoms with Gasteiger partial charge in [-0.25, -0.2) is 0 Å². The highest BCUT2D eigenvalue weighted by Crippen LogP contribution is 1.73. The zero-order chi connectivity index (χ0) is 5.28. The van der Waals surface area contributed by atoms with E-state index in [1.54, 1.807) is 7.05 Å². The molecule has 0 unspecified atom stereocenters. The molecule has 0 fully saturated rings. The summed E-state index contributed by atoms with van der Waals surface area (Å²) in [6.45, 7) is 3.44. The standard InChI is InChI=1S/C3H5N4/c1-3-4-6-7(2)5-3/h1H2,2H3. The fourth-order valence-electron chi connectivity index (χ4n) is 0.323. The average molecular weight is 97.1 g/mol. The van der Waals surface area contributed by atoms with Crippen LogP contribution in [0.3, 0.4) is 0 Å². The minimum absolute atomic E-state index is 0.461. The van der Waals surface area contributed by atoms with Gasteiger partial charge in [-0.2, -0.15) is 4.80 Å². The molecule has 0 aliphatic rings. The Labute approximate surface area is 41.1 Å². The molecular weight excluding hydrogens is 92.1 g/mol. The van der Waals surface area contributed by atoms with Gasteiger partial charge < -0.3 is 0 Å². The summed E-state index contributed by atoms with van der Waals surface area (Å²) in [7, 11) is 1.70. The second kappa shape index (κ2) is 1.29. The molecule has 1 heterocycles. The summed E-state index contributed by atoms with van der Waals surface area (Å²) in [5, 5.41) is 10.7. The molecule has 0 N–H and O–H groups in total. The molecule has 0 aromatic carbocycles. The van der Waals surface area contributed by atoms with E-state index in [4.69, 9.17) is 0 Å². The summed E-state index contributed by atoms with van der Waals surface area (Å²) >= 11 is 0. The highest BCUT2D eigenvalue weighted by Gasteiger charge is 1.85. The molecule has 37 valence electrons. The second-order valence-electron chi connectivity index (χ2n) is 1.20. The summed E-state index contributed by atoms with van der Waals surface area (Å²) in [5.41, 5.74) is 0. The van der Waals surface area contributed by atoms with Crippen molar-refractivity contribution < 1.29 is 0 Å². The van der Waals surface area contributed by atoms with E-state index in [9.17, 15) is 0 Å². The van der Waals surface area contributed by atoms with Gasteiger partial charge in [0.25, 0.3) is 0 Å². The number of nitrogens with zero attached hydrogens (tertiary/aromatic N) is 4. The van der Waals surface area contributed by atoms with E-state index >= 15 is 0 Å². The molecule has 0 aliphatic carbocycles. The molecule has 0 atom stereocenters. The van der Waals surface area contributed by atoms with E-state index in [1.165, 1.54) is 4.80 Å². The third-order valence-electron chi connectivity index (χ3n) is 0.550. The van der Waals surface area contributed by atoms with Crippen LogP contribution in [0.15, 0.2) is 0 Å². The number of aromatic nitrogens is 4. The molecule has 0 bridgehead atoms. The Kier molecular flexibility index (Phi) is 0.780. The Morgan fingerprint density at radius 2 is 2.43 bits per heavy atom. The Morgan fingerprint density at radius 3 is 2.57 bits per heavy atom. The lowest BCUT2D eigenvalue weighted by atomic mass is 10.8. The lowest BCUT2D eigenvalue weighted by Crippen LogP contribution is -1.91. The van der Waals surface area contributed by atoms with Gasteiger partial charge >= 0.3 is 0 Å². The van der Waals surface area contributed by atoms with Crippen LogP contribution in [-0.4, -0.2) is 20.2 Å². The fraction of sp³-hybridized carbons (Fsp3) is 0.333. The fourth-order valence-corrected chi connectivity index (χ4v) is 0.323. The first-order valence-electron chi connectivity index (χ1n) is 1.85. The van der Waals surface area contributed by atoms with Crippen LogP contribution in [0.2, 0.25) is 0 Å². The van der Waals surface area contributed by atoms with Crippen molar-refractivity contribution in [3.05, 3.63) is 12.7 Å². The third kappa shape index (κ3) is 0.734. The number of hydrogen-bond acceptors (Lipinski definition) is 3. The highest BCUT2D eigenvalue weighted by atomic mass is 15.6. The van der Waals surface area contributed by atoms with Crippen LogP contribution in [0.5, 0.6) is 0 Å². The van der Waals surface area contributed by atoms with Gasteiger partial charge in [0, 0.05) is 6.92 Å². The molecule has 1 radical (unpaired) electrons. The summed E-state index contributed by atoms with van der Waals surface area (Å²) in [5.74, 6) is 0.461. The molecule has 1 aromatic heterocycles. The number of aryl methyl sites for hydroxylation is 1. The summed E-state index contributed by atoms with van der Waals surface area (Å²) in [6.07, 6.45) is 0. The maximum atomic E-state index is 3.69. The lowest BCUT2D eigenvalue weighted by Gasteiger charge is -1.73. The lowest BCUT2D eigenvalue weighted by molar-refractivity contribution is 0.629. The molecule has 0 saturated heterocycles. The van der Waals surface area contributed by atoms with Crippen LogP contribution >= 0.6 is 0 Å². The summed E-state index contributed by atoms with van der Waals surface area (Å²) in [4.78, 5) is 1.36. The van der Waals surface area contributed by atoms with Gasteiger partial charge in [0.1, 0.15) is 0 Å². The molecule has 1 rings (SSSR count). The Morgan fingerprint density at radius 1 is 1.71 bits per heavy atom. The van der Waals surface area contributed by atoms with Crippen LogP contribution in [0, 0.1) is 6.92 Å². The quantitative estimate of drug-likeness (QED) is 0.434. The monoisotopic (exact) mass is 97.1 g/mol. The van der Waals surface area contributed by atoms with Crippen molar-refractivity contribution in [2.75, 3.05) is 0 Å². The minimum atomic E-state index is 0.461. The SMILES string of the molecule is [CH2]c1nnn(C)n1. The van der Waals surface area contributed by atoms with Crippen molar-refractivity contribution in [2.24, 2.45) is 7.05 Å². The first-order chi connectivity index (χ1) is 3.29. The van der Waals surface area contributed by atoms with E-state index < -0.39 is 0 Å². The Bertz CT molecular complexity index is 139. The third-order valence-corrected chi connectivity index (χ3v) is 0.550. The van der Waals surface area contributed by atoms with Gasteiger partial charge in [-0.1, -0.05) is 0 Å². The molecule has 1 aromatic rings. The van der Waals surface area contributed by atoms with Crippen LogP contribution in [0.4, 0.5) is 0 Å². The van der Waals surface area contributed by atoms with Gasteiger partial charge in [-0.15, -0.1) is 10.2 Å². The van der Waals surface area contributed by atoms with Gasteiger partial charge in [0.2, 0.25) is 0 Å². The molecule has 0 aliphatic heterocycles. The maximum Gasteiger partial charge on any atom is 0.175 e. The second-order valence-corrected chi connectivity index (χ2v) is 1.20. The molecule has 4 nitrogen and oxygen atoms in total. The normalized spacial score (nSPS) is 9.43. The molecule has 4 heteroatoms. The first kappa shape index (κ1) is 4.23. The van der Waals surface area contributed by atoms with Crippen LogP contribution < -0.4 is 0 Å². The smallest absolute Gasteiger partial charge is 0.167 e. The Balaban J connectivity index is 3.04. The van der Waals surface area contributed by atoms with Crippen molar-refractivity contribution in [2.45, 2.75) is 0 Å². The van der Waals surface area contributed by atoms with E-state index in [0.29, 0.717) is 5.82 Å². The topological polar surface area (TPSA) is 43.6 Å². The van der Waals surface area contributed by atoms with E-state index in [0.717, 1.165) is 0 Å². The summed E-state index contributed by atoms with van der Waals surface area (Å²) < 4.78 is 0. The minimum Gasteiger partial charge on any atom is -0.167 e. The van der Waals surface area contributed by atoms with Gasteiger partial charge in [-0.3, -0.25) is 0 Å². The van der Waals surface area contributed by atoms with Crippen molar-refractivity contribution in [3.8, 4) is 0 Å². The van der Waals surface area contributed by atoms with E-state index in [-0.39, 0.29) is 0 Å². The van der Waals surface area contributed by atoms with E-state index in [1.807, 2.05) is 0 Å². The molecule has 7 heavy (non-hydrogen) atoms. The molecule has 0 saturated carbocycles. The predicted octanol–water partition coefficient (Wildman–Crippen LogP) is -0.608. The first-order valence-corrected chi connectivity index (χ1v) is 1.85.